The fraction of sp³-hybridized carbons (Fsp3) is 0.333. The van der Waals surface area contributed by atoms with Crippen molar-refractivity contribution in [1.82, 2.24) is 0 Å². The van der Waals surface area contributed by atoms with Crippen LogP contribution in [0.3, 0.4) is 0 Å². The zero-order valence-electron chi connectivity index (χ0n) is 10.3. The molecule has 0 bridgehead atoms. The quantitative estimate of drug-likeness (QED) is 0.872. The molecule has 0 radical (unpaired) electrons. The first-order valence-electron chi connectivity index (χ1n) is 6.09. The number of aliphatic hydroxyl groups excluding tert-OH is 1. The van der Waals surface area contributed by atoms with Crippen LogP contribution in [-0.2, 0) is 12.8 Å². The van der Waals surface area contributed by atoms with Gasteiger partial charge in [-0.1, -0.05) is 32.0 Å². The Labute approximate surface area is 102 Å². The second-order valence-electron chi connectivity index (χ2n) is 4.15. The van der Waals surface area contributed by atoms with Crippen LogP contribution < -0.4 is 0 Å². The van der Waals surface area contributed by atoms with E-state index in [1.54, 1.807) is 18.4 Å². The summed E-state index contributed by atoms with van der Waals surface area (Å²) in [5.41, 5.74) is 3.55. The molecule has 1 aromatic carbocycles. The number of furan rings is 1. The van der Waals surface area contributed by atoms with Crippen LogP contribution in [-0.4, -0.2) is 5.11 Å². The largest absolute Gasteiger partial charge is 0.466 e. The van der Waals surface area contributed by atoms with Crippen molar-refractivity contribution < 1.29 is 9.52 Å². The molecule has 0 spiro atoms. The molecule has 1 N–H and O–H groups in total. The molecule has 90 valence electrons. The second kappa shape index (κ2) is 5.19. The molecule has 1 heterocycles. The van der Waals surface area contributed by atoms with Gasteiger partial charge >= 0.3 is 0 Å². The molecule has 1 unspecified atom stereocenters. The lowest BCUT2D eigenvalue weighted by Crippen LogP contribution is -2.01. The molecule has 0 amide bonds. The molecular weight excluding hydrogens is 212 g/mol. The summed E-state index contributed by atoms with van der Waals surface area (Å²) in [6, 6.07) is 9.74. The predicted molar refractivity (Wildman–Crippen MR) is 68.0 cm³/mol. The van der Waals surface area contributed by atoms with Gasteiger partial charge in [0.2, 0.25) is 0 Å². The highest BCUT2D eigenvalue weighted by molar-refractivity contribution is 5.35. The van der Waals surface area contributed by atoms with Gasteiger partial charge in [-0.25, -0.2) is 0 Å². The van der Waals surface area contributed by atoms with Crippen LogP contribution in [0, 0.1) is 0 Å². The van der Waals surface area contributed by atoms with Crippen molar-refractivity contribution in [2.45, 2.75) is 32.8 Å². The normalized spacial score (nSPS) is 12.6. The smallest absolute Gasteiger partial charge is 0.137 e. The fourth-order valence-electron chi connectivity index (χ4n) is 2.10. The van der Waals surface area contributed by atoms with Gasteiger partial charge in [0.1, 0.15) is 11.9 Å². The maximum Gasteiger partial charge on any atom is 0.137 e. The van der Waals surface area contributed by atoms with Crippen LogP contribution in [0.25, 0.3) is 0 Å². The van der Waals surface area contributed by atoms with E-state index in [1.807, 2.05) is 6.07 Å². The SMILES string of the molecule is CCc1ccc(C(O)c2ccco2)cc1CC. The lowest BCUT2D eigenvalue weighted by Gasteiger charge is -2.12. The Hall–Kier alpha value is -1.54. The van der Waals surface area contributed by atoms with Gasteiger partial charge in [-0.2, -0.15) is 0 Å². The summed E-state index contributed by atoms with van der Waals surface area (Å²) in [5, 5.41) is 10.2. The number of aliphatic hydroxyl groups is 1. The van der Waals surface area contributed by atoms with Gasteiger partial charge in [0.05, 0.1) is 6.26 Å². The van der Waals surface area contributed by atoms with E-state index in [0.717, 1.165) is 18.4 Å². The van der Waals surface area contributed by atoms with Crippen molar-refractivity contribution in [1.29, 1.82) is 0 Å². The highest BCUT2D eigenvalue weighted by Gasteiger charge is 2.14. The molecular formula is C15H18O2. The van der Waals surface area contributed by atoms with E-state index in [9.17, 15) is 5.11 Å². The Morgan fingerprint density at radius 2 is 1.88 bits per heavy atom. The van der Waals surface area contributed by atoms with Crippen molar-refractivity contribution >= 4 is 0 Å². The Morgan fingerprint density at radius 1 is 1.12 bits per heavy atom. The molecule has 0 saturated heterocycles. The van der Waals surface area contributed by atoms with Crippen LogP contribution in [0.1, 0.15) is 42.4 Å². The average molecular weight is 230 g/mol. The molecule has 0 saturated carbocycles. The highest BCUT2D eigenvalue weighted by atomic mass is 16.4. The van der Waals surface area contributed by atoms with Crippen LogP contribution in [0.15, 0.2) is 41.0 Å². The predicted octanol–water partition coefficient (Wildman–Crippen LogP) is 3.49. The van der Waals surface area contributed by atoms with Crippen molar-refractivity contribution in [2.75, 3.05) is 0 Å². The maximum atomic E-state index is 10.2. The highest BCUT2D eigenvalue weighted by Crippen LogP contribution is 2.24. The van der Waals surface area contributed by atoms with Crippen molar-refractivity contribution in [3.05, 3.63) is 59.0 Å². The first-order valence-corrected chi connectivity index (χ1v) is 6.09. The van der Waals surface area contributed by atoms with Crippen molar-refractivity contribution in [3.8, 4) is 0 Å². The molecule has 2 heteroatoms. The molecule has 2 aromatic rings. The van der Waals surface area contributed by atoms with Gasteiger partial charge in [-0.05, 0) is 41.7 Å². The third kappa shape index (κ3) is 2.42. The molecule has 0 aliphatic heterocycles. The summed E-state index contributed by atoms with van der Waals surface area (Å²) in [6.45, 7) is 4.29. The van der Waals surface area contributed by atoms with E-state index in [0.29, 0.717) is 5.76 Å². The molecule has 2 nitrogen and oxygen atoms in total. The van der Waals surface area contributed by atoms with Gasteiger partial charge in [-0.15, -0.1) is 0 Å². The summed E-state index contributed by atoms with van der Waals surface area (Å²) >= 11 is 0. The molecule has 0 aliphatic carbocycles. The number of hydrogen-bond acceptors (Lipinski definition) is 2. The molecule has 1 atom stereocenters. The lowest BCUT2D eigenvalue weighted by atomic mass is 9.97. The van der Waals surface area contributed by atoms with Gasteiger partial charge < -0.3 is 9.52 Å². The number of hydrogen-bond donors (Lipinski definition) is 1. The Bertz CT molecular complexity index is 472. The molecule has 17 heavy (non-hydrogen) atoms. The van der Waals surface area contributed by atoms with E-state index in [1.165, 1.54) is 11.1 Å². The van der Waals surface area contributed by atoms with E-state index < -0.39 is 6.10 Å². The summed E-state index contributed by atoms with van der Waals surface area (Å²) in [6.07, 6.45) is 2.93. The minimum absolute atomic E-state index is 0.594. The van der Waals surface area contributed by atoms with E-state index in [2.05, 4.69) is 26.0 Å². The molecule has 0 fully saturated rings. The lowest BCUT2D eigenvalue weighted by molar-refractivity contribution is 0.189. The van der Waals surface area contributed by atoms with Crippen molar-refractivity contribution in [2.24, 2.45) is 0 Å². The molecule has 2 rings (SSSR count). The Morgan fingerprint density at radius 3 is 2.47 bits per heavy atom. The van der Waals surface area contributed by atoms with Crippen LogP contribution in [0.5, 0.6) is 0 Å². The third-order valence-electron chi connectivity index (χ3n) is 3.12. The summed E-state index contributed by atoms with van der Waals surface area (Å²) in [5.74, 6) is 0.594. The monoisotopic (exact) mass is 230 g/mol. The maximum absolute atomic E-state index is 10.2. The number of rotatable bonds is 4. The van der Waals surface area contributed by atoms with E-state index in [-0.39, 0.29) is 0 Å². The van der Waals surface area contributed by atoms with Gasteiger partial charge in [0, 0.05) is 0 Å². The van der Waals surface area contributed by atoms with Crippen LogP contribution in [0.2, 0.25) is 0 Å². The topological polar surface area (TPSA) is 33.4 Å². The molecule has 0 aliphatic rings. The van der Waals surface area contributed by atoms with Gasteiger partial charge in [-0.3, -0.25) is 0 Å². The first-order chi connectivity index (χ1) is 8.26. The first kappa shape index (κ1) is 11.9. The standard InChI is InChI=1S/C15H18O2/c1-3-11-7-8-13(10-12(11)4-2)15(16)14-6-5-9-17-14/h5-10,15-16H,3-4H2,1-2H3. The summed E-state index contributed by atoms with van der Waals surface area (Å²) in [7, 11) is 0. The summed E-state index contributed by atoms with van der Waals surface area (Å²) < 4.78 is 5.23. The van der Waals surface area contributed by atoms with Crippen LogP contribution >= 0.6 is 0 Å². The fourth-order valence-corrected chi connectivity index (χ4v) is 2.10. The third-order valence-corrected chi connectivity index (χ3v) is 3.12. The zero-order chi connectivity index (χ0) is 12.3. The van der Waals surface area contributed by atoms with Crippen LogP contribution in [0.4, 0.5) is 0 Å². The second-order valence-corrected chi connectivity index (χ2v) is 4.15. The van der Waals surface area contributed by atoms with Crippen molar-refractivity contribution in [3.63, 3.8) is 0 Å². The molecule has 1 aromatic heterocycles. The minimum atomic E-state index is -0.666. The minimum Gasteiger partial charge on any atom is -0.466 e. The Balaban J connectivity index is 2.33. The van der Waals surface area contributed by atoms with E-state index >= 15 is 0 Å². The van der Waals surface area contributed by atoms with Gasteiger partial charge in [0.15, 0.2) is 0 Å². The average Bonchev–Trinajstić information content (AvgIpc) is 2.90. The Kier molecular flexibility index (Phi) is 3.64. The van der Waals surface area contributed by atoms with E-state index in [4.69, 9.17) is 4.42 Å². The number of aryl methyl sites for hydroxylation is 2. The number of benzene rings is 1. The summed E-state index contributed by atoms with van der Waals surface area (Å²) in [4.78, 5) is 0. The zero-order valence-corrected chi connectivity index (χ0v) is 10.3. The van der Waals surface area contributed by atoms with Gasteiger partial charge in [0.25, 0.3) is 0 Å².